The summed E-state index contributed by atoms with van der Waals surface area (Å²) in [7, 11) is 0. The second-order valence-electron chi connectivity index (χ2n) is 10.1. The van der Waals surface area contributed by atoms with Crippen LogP contribution in [0.2, 0.25) is 0 Å². The Morgan fingerprint density at radius 2 is 1.84 bits per heavy atom. The van der Waals surface area contributed by atoms with E-state index in [-0.39, 0.29) is 21.8 Å². The van der Waals surface area contributed by atoms with Gasteiger partial charge in [-0.1, -0.05) is 13.8 Å². The van der Waals surface area contributed by atoms with Crippen molar-refractivity contribution < 1.29 is 13.2 Å². The third-order valence-corrected chi connectivity index (χ3v) is 6.67. The molecule has 0 bridgehead atoms. The molecule has 0 aliphatic heterocycles. The van der Waals surface area contributed by atoms with E-state index in [2.05, 4.69) is 10.5 Å². The van der Waals surface area contributed by atoms with Crippen molar-refractivity contribution in [1.82, 2.24) is 14.6 Å². The Hall–Kier alpha value is -2.10. The maximum atomic E-state index is 13.3. The summed E-state index contributed by atoms with van der Waals surface area (Å²) in [5.41, 5.74) is 2.22. The number of aryl methyl sites for hydroxylation is 2. The summed E-state index contributed by atoms with van der Waals surface area (Å²) in [6, 6.07) is -0.296. The van der Waals surface area contributed by atoms with E-state index < -0.39 is 30.4 Å². The molecule has 1 N–H and O–H groups in total. The van der Waals surface area contributed by atoms with Gasteiger partial charge in [-0.2, -0.15) is 18.3 Å². The summed E-state index contributed by atoms with van der Waals surface area (Å²) < 4.78 is 41.1. The second-order valence-corrected chi connectivity index (χ2v) is 11.1. The summed E-state index contributed by atoms with van der Waals surface area (Å²) in [5, 5.41) is 4.50. The van der Waals surface area contributed by atoms with Crippen molar-refractivity contribution in [1.29, 1.82) is 0 Å². The zero-order chi connectivity index (χ0) is 23.4. The van der Waals surface area contributed by atoms with Crippen molar-refractivity contribution in [2.75, 3.05) is 0 Å². The molecule has 0 aromatic carbocycles. The Morgan fingerprint density at radius 3 is 2.35 bits per heavy atom. The molecule has 1 aliphatic rings. The number of aromatic nitrogens is 2. The minimum atomic E-state index is -4.40. The molecule has 0 amide bonds. The lowest BCUT2D eigenvalue weighted by Gasteiger charge is -2.43. The maximum Gasteiger partial charge on any atom is 0.390 e. The van der Waals surface area contributed by atoms with Gasteiger partial charge in [-0.3, -0.25) is 13.9 Å². The summed E-state index contributed by atoms with van der Waals surface area (Å²) >= 11 is 1.12. The van der Waals surface area contributed by atoms with Crippen LogP contribution in [0.15, 0.2) is 14.7 Å². The van der Waals surface area contributed by atoms with Crippen molar-refractivity contribution in [2.45, 2.75) is 85.1 Å². The van der Waals surface area contributed by atoms with E-state index in [1.165, 1.54) is 0 Å². The molecule has 0 radical (unpaired) electrons. The quantitative estimate of drug-likeness (QED) is 0.527. The lowest BCUT2D eigenvalue weighted by molar-refractivity contribution is -0.136. The zero-order valence-corrected chi connectivity index (χ0v) is 19.5. The number of nitrogens with zero attached hydrogens (tertiary/aromatic N) is 3. The molecular formula is C21H29F3N4O2S. The molecule has 3 rings (SSSR count). The highest BCUT2D eigenvalue weighted by atomic mass is 32.1. The molecule has 0 saturated heterocycles. The normalized spacial score (nSPS) is 17.5. The summed E-state index contributed by atoms with van der Waals surface area (Å²) in [4.78, 5) is 27.3. The molecule has 0 atom stereocenters. The van der Waals surface area contributed by atoms with Gasteiger partial charge in [-0.15, -0.1) is 11.3 Å². The van der Waals surface area contributed by atoms with Crippen LogP contribution in [0.1, 0.15) is 70.4 Å². The average Bonchev–Trinajstić information content (AvgIpc) is 2.88. The lowest BCUT2D eigenvalue weighted by Crippen LogP contribution is -2.48. The fourth-order valence-electron chi connectivity index (χ4n) is 3.95. The zero-order valence-electron chi connectivity index (χ0n) is 18.7. The van der Waals surface area contributed by atoms with E-state index >= 15 is 0 Å². The largest absolute Gasteiger partial charge is 0.390 e. The molecule has 1 fully saturated rings. The van der Waals surface area contributed by atoms with Gasteiger partial charge in [0.25, 0.3) is 5.56 Å². The molecule has 2 aromatic rings. The van der Waals surface area contributed by atoms with Crippen molar-refractivity contribution in [3.8, 4) is 0 Å². The molecule has 31 heavy (non-hydrogen) atoms. The Balaban J connectivity index is 2.17. The average molecular weight is 459 g/mol. The van der Waals surface area contributed by atoms with Crippen molar-refractivity contribution in [3.05, 3.63) is 31.3 Å². The maximum absolute atomic E-state index is 13.3. The minimum absolute atomic E-state index is 0.00242. The predicted molar refractivity (Wildman–Crippen MR) is 118 cm³/mol. The van der Waals surface area contributed by atoms with Crippen molar-refractivity contribution >= 4 is 27.8 Å². The Bertz CT molecular complexity index is 1130. The Kier molecular flexibility index (Phi) is 5.92. The number of fused-ring (bicyclic) bond motifs is 1. The molecular weight excluding hydrogens is 429 g/mol. The monoisotopic (exact) mass is 458 g/mol. The van der Waals surface area contributed by atoms with Crippen LogP contribution in [0.25, 0.3) is 10.2 Å². The third-order valence-electron chi connectivity index (χ3n) is 5.42. The highest BCUT2D eigenvalue weighted by Crippen LogP contribution is 2.46. The number of halogens is 3. The van der Waals surface area contributed by atoms with Gasteiger partial charge in [-0.05, 0) is 51.5 Å². The Morgan fingerprint density at radius 1 is 1.23 bits per heavy atom. The summed E-state index contributed by atoms with van der Waals surface area (Å²) in [5.74, 6) is 0. The van der Waals surface area contributed by atoms with Crippen LogP contribution in [-0.4, -0.2) is 27.1 Å². The van der Waals surface area contributed by atoms with E-state index in [4.69, 9.17) is 0 Å². The van der Waals surface area contributed by atoms with Gasteiger partial charge < -0.3 is 5.43 Å². The van der Waals surface area contributed by atoms with Gasteiger partial charge in [0.15, 0.2) is 0 Å². The first-order valence-corrected chi connectivity index (χ1v) is 11.1. The van der Waals surface area contributed by atoms with E-state index in [0.29, 0.717) is 28.7 Å². The SMILES string of the molecule is Cc1c(C=NNC(C)(C)C)sc2c1c(=O)n(C1CC(C)(C)C1)c(=O)n2CCC(F)(F)F. The molecule has 0 unspecified atom stereocenters. The molecule has 2 heterocycles. The van der Waals surface area contributed by atoms with E-state index in [9.17, 15) is 22.8 Å². The van der Waals surface area contributed by atoms with Crippen LogP contribution in [0.3, 0.4) is 0 Å². The van der Waals surface area contributed by atoms with E-state index in [1.807, 2.05) is 34.6 Å². The summed E-state index contributed by atoms with van der Waals surface area (Å²) in [6.45, 7) is 11.1. The Labute approximate surface area is 182 Å². The van der Waals surface area contributed by atoms with Crippen LogP contribution < -0.4 is 16.7 Å². The van der Waals surface area contributed by atoms with Crippen LogP contribution in [0.4, 0.5) is 13.2 Å². The minimum Gasteiger partial charge on any atom is -0.305 e. The van der Waals surface area contributed by atoms with E-state index in [0.717, 1.165) is 20.5 Å². The lowest BCUT2D eigenvalue weighted by atomic mass is 9.68. The third kappa shape index (κ3) is 5.05. The molecule has 10 heteroatoms. The highest BCUT2D eigenvalue weighted by molar-refractivity contribution is 7.20. The number of thiophene rings is 1. The van der Waals surface area contributed by atoms with Gasteiger partial charge in [0, 0.05) is 18.1 Å². The first-order chi connectivity index (χ1) is 14.1. The van der Waals surface area contributed by atoms with Gasteiger partial charge >= 0.3 is 11.9 Å². The smallest absolute Gasteiger partial charge is 0.305 e. The van der Waals surface area contributed by atoms with Gasteiger partial charge in [-0.25, -0.2) is 4.79 Å². The van der Waals surface area contributed by atoms with E-state index in [1.54, 1.807) is 13.1 Å². The number of hydrogen-bond acceptors (Lipinski definition) is 5. The van der Waals surface area contributed by atoms with Crippen molar-refractivity contribution in [3.63, 3.8) is 0 Å². The molecule has 1 aliphatic carbocycles. The highest BCUT2D eigenvalue weighted by Gasteiger charge is 2.39. The van der Waals surface area contributed by atoms with Crippen LogP contribution >= 0.6 is 11.3 Å². The first-order valence-electron chi connectivity index (χ1n) is 10.2. The number of hydrogen-bond donors (Lipinski definition) is 1. The van der Waals surface area contributed by atoms with Crippen molar-refractivity contribution in [2.24, 2.45) is 10.5 Å². The van der Waals surface area contributed by atoms with Gasteiger partial charge in [0.2, 0.25) is 0 Å². The number of alkyl halides is 3. The fourth-order valence-corrected chi connectivity index (χ4v) is 5.14. The fraction of sp³-hybridized carbons (Fsp3) is 0.667. The van der Waals surface area contributed by atoms with Crippen LogP contribution in [0.5, 0.6) is 0 Å². The molecule has 0 spiro atoms. The summed E-state index contributed by atoms with van der Waals surface area (Å²) in [6.07, 6.45) is -2.71. The van der Waals surface area contributed by atoms with Gasteiger partial charge in [0.05, 0.1) is 22.9 Å². The number of nitrogens with one attached hydrogen (secondary N) is 1. The molecule has 1 saturated carbocycles. The second kappa shape index (κ2) is 7.79. The number of hydrazone groups is 1. The molecule has 172 valence electrons. The topological polar surface area (TPSA) is 68.4 Å². The number of rotatable bonds is 5. The first kappa shape index (κ1) is 23.6. The molecule has 2 aromatic heterocycles. The predicted octanol–water partition coefficient (Wildman–Crippen LogP) is 4.57. The molecule has 6 nitrogen and oxygen atoms in total. The van der Waals surface area contributed by atoms with Gasteiger partial charge in [0.1, 0.15) is 4.83 Å². The van der Waals surface area contributed by atoms with Crippen LogP contribution in [0, 0.1) is 12.3 Å². The standard InChI is InChI=1S/C21H29F3N4O2S/c1-12-14(11-25-26-19(2,3)4)31-17-15(12)16(29)28(13-9-20(5,6)10-13)18(30)27(17)8-7-21(22,23)24/h11,13,26H,7-10H2,1-6H3. The van der Waals surface area contributed by atoms with Crippen LogP contribution in [-0.2, 0) is 6.54 Å².